The average molecular weight is 548 g/mol. The largest absolute Gasteiger partial charge is 0.450 e. The summed E-state index contributed by atoms with van der Waals surface area (Å²) < 4.78 is 32.5. The van der Waals surface area contributed by atoms with Gasteiger partial charge < -0.3 is 15.0 Å². The molecule has 1 aliphatic heterocycles. The van der Waals surface area contributed by atoms with Crippen LogP contribution in [0.1, 0.15) is 49.1 Å². The molecule has 0 radical (unpaired) electrons. The van der Waals surface area contributed by atoms with E-state index in [0.717, 1.165) is 0 Å². The van der Waals surface area contributed by atoms with Crippen molar-refractivity contribution in [3.63, 3.8) is 0 Å². The number of ketones is 2. The van der Waals surface area contributed by atoms with E-state index in [1.165, 1.54) is 33.5 Å². The van der Waals surface area contributed by atoms with Crippen molar-refractivity contribution in [2.75, 3.05) is 38.1 Å². The Morgan fingerprint density at radius 3 is 2.08 bits per heavy atom. The minimum atomic E-state index is -3.84. The number of nitrogens with zero attached hydrogens (tertiary/aromatic N) is 2. The Hall–Kier alpha value is -4.35. The molecule has 200 valence electrons. The molecule has 2 amide bonds. The molecular weight excluding hydrogens is 522 g/mol. The van der Waals surface area contributed by atoms with Crippen molar-refractivity contribution >= 4 is 39.3 Å². The van der Waals surface area contributed by atoms with E-state index in [2.05, 4.69) is 5.32 Å². The van der Waals surface area contributed by atoms with Crippen molar-refractivity contribution in [2.24, 2.45) is 0 Å². The SMILES string of the molecule is CCOC(=O)N1CCN(S(=O)(=O)c2ccc(C(=O)Nc3cccc4c3C(=O)c3ccccc3C4=O)cc2)CC1. The maximum atomic E-state index is 13.2. The van der Waals surface area contributed by atoms with Gasteiger partial charge in [0.1, 0.15) is 0 Å². The number of sulfonamides is 1. The van der Waals surface area contributed by atoms with Crippen LogP contribution in [0, 0.1) is 0 Å². The minimum absolute atomic E-state index is 0.0121. The van der Waals surface area contributed by atoms with Crippen molar-refractivity contribution < 1.29 is 32.3 Å². The summed E-state index contributed by atoms with van der Waals surface area (Å²) in [7, 11) is -3.84. The number of rotatable bonds is 5. The average Bonchev–Trinajstić information content (AvgIpc) is 2.96. The van der Waals surface area contributed by atoms with Gasteiger partial charge in [0.15, 0.2) is 11.6 Å². The highest BCUT2D eigenvalue weighted by Gasteiger charge is 2.33. The van der Waals surface area contributed by atoms with Gasteiger partial charge in [-0.2, -0.15) is 4.31 Å². The number of hydrogen-bond acceptors (Lipinski definition) is 7. The standard InChI is InChI=1S/C28H25N3O7S/c1-2-38-28(35)30-14-16-31(17-15-30)39(36,37)19-12-10-18(11-13-19)27(34)29-23-9-5-8-22-24(23)26(33)21-7-4-3-6-20(21)25(22)32/h3-13H,2,14-17H2,1H3,(H,29,34). The molecule has 0 bridgehead atoms. The minimum Gasteiger partial charge on any atom is -0.450 e. The van der Waals surface area contributed by atoms with Crippen LogP contribution in [0.25, 0.3) is 0 Å². The maximum absolute atomic E-state index is 13.2. The van der Waals surface area contributed by atoms with Crippen LogP contribution in [0.3, 0.4) is 0 Å². The van der Waals surface area contributed by atoms with Crippen molar-refractivity contribution in [2.45, 2.75) is 11.8 Å². The van der Waals surface area contributed by atoms with Gasteiger partial charge in [0.2, 0.25) is 10.0 Å². The van der Waals surface area contributed by atoms with Gasteiger partial charge in [-0.1, -0.05) is 36.4 Å². The van der Waals surface area contributed by atoms with Gasteiger partial charge >= 0.3 is 6.09 Å². The van der Waals surface area contributed by atoms with Gasteiger partial charge in [-0.15, -0.1) is 0 Å². The number of carbonyl (C=O) groups excluding carboxylic acids is 4. The molecule has 1 N–H and O–H groups in total. The van der Waals surface area contributed by atoms with Crippen LogP contribution in [-0.4, -0.2) is 74.0 Å². The summed E-state index contributed by atoms with van der Waals surface area (Å²) in [5.41, 5.74) is 1.29. The third kappa shape index (κ3) is 4.82. The lowest BCUT2D eigenvalue weighted by Crippen LogP contribution is -2.50. The molecule has 11 heteroatoms. The Balaban J connectivity index is 1.31. The Kier molecular flexibility index (Phi) is 7.02. The number of fused-ring (bicyclic) bond motifs is 2. The van der Waals surface area contributed by atoms with E-state index in [9.17, 15) is 27.6 Å². The summed E-state index contributed by atoms with van der Waals surface area (Å²) in [6.45, 7) is 2.62. The fourth-order valence-electron chi connectivity index (χ4n) is 4.70. The first kappa shape index (κ1) is 26.3. The van der Waals surface area contributed by atoms with Gasteiger partial charge in [-0.05, 0) is 37.3 Å². The van der Waals surface area contributed by atoms with Crippen LogP contribution < -0.4 is 5.32 Å². The molecule has 0 aromatic heterocycles. The van der Waals surface area contributed by atoms with Crippen LogP contribution in [-0.2, 0) is 14.8 Å². The number of carbonyl (C=O) groups is 4. The molecule has 0 saturated carbocycles. The molecule has 5 rings (SSSR count). The lowest BCUT2D eigenvalue weighted by molar-refractivity contribution is 0.0933. The van der Waals surface area contributed by atoms with Gasteiger partial charge in [-0.3, -0.25) is 14.4 Å². The molecule has 3 aromatic carbocycles. The third-order valence-corrected chi connectivity index (χ3v) is 8.63. The highest BCUT2D eigenvalue weighted by molar-refractivity contribution is 7.89. The van der Waals surface area contributed by atoms with E-state index in [1.807, 2.05) is 0 Å². The third-order valence-electron chi connectivity index (χ3n) is 6.72. The van der Waals surface area contributed by atoms with E-state index in [0.29, 0.717) is 5.56 Å². The molecule has 0 atom stereocenters. The normalized spacial score (nSPS) is 15.4. The Labute approximate surface area is 225 Å². The molecule has 2 aliphatic rings. The number of nitrogens with one attached hydrogen (secondary N) is 1. The molecule has 1 aliphatic carbocycles. The highest BCUT2D eigenvalue weighted by atomic mass is 32.2. The van der Waals surface area contributed by atoms with E-state index < -0.39 is 22.0 Å². The highest BCUT2D eigenvalue weighted by Crippen LogP contribution is 2.32. The number of benzene rings is 3. The van der Waals surface area contributed by atoms with Crippen LogP contribution in [0.15, 0.2) is 71.6 Å². The number of piperazine rings is 1. The molecule has 3 aromatic rings. The van der Waals surface area contributed by atoms with Crippen LogP contribution in [0.2, 0.25) is 0 Å². The van der Waals surface area contributed by atoms with Gasteiger partial charge in [-0.25, -0.2) is 13.2 Å². The summed E-state index contributed by atoms with van der Waals surface area (Å²) in [6, 6.07) is 16.7. The fraction of sp³-hybridized carbons (Fsp3) is 0.214. The lowest BCUT2D eigenvalue weighted by atomic mass is 9.83. The molecule has 0 unspecified atom stereocenters. The predicted octanol–water partition coefficient (Wildman–Crippen LogP) is 3.18. The van der Waals surface area contributed by atoms with E-state index in [1.54, 1.807) is 49.4 Å². The van der Waals surface area contributed by atoms with Crippen molar-refractivity contribution in [1.82, 2.24) is 9.21 Å². The molecule has 10 nitrogen and oxygen atoms in total. The number of hydrogen-bond donors (Lipinski definition) is 1. The van der Waals surface area contributed by atoms with E-state index in [4.69, 9.17) is 4.74 Å². The second-order valence-electron chi connectivity index (χ2n) is 9.00. The Morgan fingerprint density at radius 2 is 1.44 bits per heavy atom. The summed E-state index contributed by atoms with van der Waals surface area (Å²) in [5, 5.41) is 2.69. The van der Waals surface area contributed by atoms with Gasteiger partial charge in [0, 0.05) is 48.4 Å². The van der Waals surface area contributed by atoms with Gasteiger partial charge in [0.25, 0.3) is 5.91 Å². The zero-order chi connectivity index (χ0) is 27.7. The second-order valence-corrected chi connectivity index (χ2v) is 10.9. The second kappa shape index (κ2) is 10.4. The Morgan fingerprint density at radius 1 is 0.821 bits per heavy atom. The van der Waals surface area contributed by atoms with E-state index in [-0.39, 0.29) is 77.2 Å². The molecule has 1 heterocycles. The molecule has 39 heavy (non-hydrogen) atoms. The zero-order valence-corrected chi connectivity index (χ0v) is 21.9. The topological polar surface area (TPSA) is 130 Å². The number of ether oxygens (including phenoxy) is 1. The first-order chi connectivity index (χ1) is 18.7. The lowest BCUT2D eigenvalue weighted by Gasteiger charge is -2.33. The summed E-state index contributed by atoms with van der Waals surface area (Å²) >= 11 is 0. The van der Waals surface area contributed by atoms with Crippen molar-refractivity contribution in [3.05, 3.63) is 94.5 Å². The predicted molar refractivity (Wildman–Crippen MR) is 141 cm³/mol. The summed E-state index contributed by atoms with van der Waals surface area (Å²) in [4.78, 5) is 52.5. The zero-order valence-electron chi connectivity index (χ0n) is 21.0. The van der Waals surface area contributed by atoms with Crippen LogP contribution in [0.5, 0.6) is 0 Å². The maximum Gasteiger partial charge on any atom is 0.409 e. The first-order valence-corrected chi connectivity index (χ1v) is 13.8. The summed E-state index contributed by atoms with van der Waals surface area (Å²) in [5.74, 6) is -1.22. The number of anilines is 1. The smallest absolute Gasteiger partial charge is 0.409 e. The Bertz CT molecular complexity index is 1590. The first-order valence-electron chi connectivity index (χ1n) is 12.4. The van der Waals surface area contributed by atoms with Crippen molar-refractivity contribution in [3.8, 4) is 0 Å². The monoisotopic (exact) mass is 547 g/mol. The molecule has 1 fully saturated rings. The number of amides is 2. The fourth-order valence-corrected chi connectivity index (χ4v) is 6.12. The van der Waals surface area contributed by atoms with Crippen molar-refractivity contribution in [1.29, 1.82) is 0 Å². The van der Waals surface area contributed by atoms with Crippen LogP contribution in [0.4, 0.5) is 10.5 Å². The van der Waals surface area contributed by atoms with Crippen LogP contribution >= 0.6 is 0 Å². The van der Waals surface area contributed by atoms with E-state index >= 15 is 0 Å². The molecule has 0 spiro atoms. The summed E-state index contributed by atoms with van der Waals surface area (Å²) in [6.07, 6.45) is -0.472. The molecular formula is C28H25N3O7S. The molecule has 1 saturated heterocycles. The quantitative estimate of drug-likeness (QED) is 0.406. The van der Waals surface area contributed by atoms with Gasteiger partial charge in [0.05, 0.1) is 22.8 Å².